The Morgan fingerprint density at radius 1 is 0.976 bits per heavy atom. The van der Waals surface area contributed by atoms with Crippen LogP contribution < -0.4 is 10.6 Å². The number of rotatable bonds is 10. The monoisotopic (exact) mass is 570 g/mol. The lowest BCUT2D eigenvalue weighted by Crippen LogP contribution is -2.53. The van der Waals surface area contributed by atoms with E-state index in [1.807, 2.05) is 48.7 Å². The van der Waals surface area contributed by atoms with Crippen molar-refractivity contribution in [1.29, 1.82) is 0 Å². The van der Waals surface area contributed by atoms with Gasteiger partial charge in [-0.05, 0) is 53.3 Å². The highest BCUT2D eigenvalue weighted by molar-refractivity contribution is 6.02. The van der Waals surface area contributed by atoms with Crippen LogP contribution in [0, 0.1) is 17.6 Å². The van der Waals surface area contributed by atoms with E-state index in [1.54, 1.807) is 4.90 Å². The number of para-hydroxylation sites is 1. The van der Waals surface area contributed by atoms with Crippen LogP contribution in [-0.2, 0) is 40.3 Å². The van der Waals surface area contributed by atoms with Crippen LogP contribution in [0.3, 0.4) is 0 Å². The van der Waals surface area contributed by atoms with Crippen LogP contribution in [0.5, 0.6) is 0 Å². The second kappa shape index (κ2) is 12.8. The maximum Gasteiger partial charge on any atom is 0.245 e. The smallest absolute Gasteiger partial charge is 0.245 e. The van der Waals surface area contributed by atoms with Gasteiger partial charge < -0.3 is 20.5 Å². The van der Waals surface area contributed by atoms with Gasteiger partial charge in [-0.3, -0.25) is 14.4 Å². The molecule has 3 N–H and O–H groups in total. The predicted molar refractivity (Wildman–Crippen MR) is 156 cm³/mol. The van der Waals surface area contributed by atoms with E-state index in [1.165, 1.54) is 11.6 Å². The van der Waals surface area contributed by atoms with Crippen molar-refractivity contribution in [3.63, 3.8) is 0 Å². The molecule has 0 saturated heterocycles. The Hall–Kier alpha value is -4.79. The molecule has 9 heteroatoms. The molecule has 0 bridgehead atoms. The zero-order valence-corrected chi connectivity index (χ0v) is 23.0. The summed E-state index contributed by atoms with van der Waals surface area (Å²) in [6, 6.07) is 17.7. The van der Waals surface area contributed by atoms with Gasteiger partial charge in [0.15, 0.2) is 0 Å². The van der Waals surface area contributed by atoms with E-state index in [0.717, 1.165) is 40.2 Å². The molecule has 0 radical (unpaired) electrons. The molecule has 1 aromatic heterocycles. The SMILES string of the molecule is C=CCC(C(=O)NCc1cc(F)cc(F)c1)C(=O)NC(Cc1c[nH]c2ccccc12)C(=O)N1CCc2ccccc2C1. The Balaban J connectivity index is 1.35. The van der Waals surface area contributed by atoms with Crippen LogP contribution in [0.25, 0.3) is 10.9 Å². The first-order chi connectivity index (χ1) is 20.3. The molecule has 1 aliphatic heterocycles. The van der Waals surface area contributed by atoms with Crippen LogP contribution in [0.2, 0.25) is 0 Å². The molecule has 0 saturated carbocycles. The number of hydrogen-bond donors (Lipinski definition) is 3. The van der Waals surface area contributed by atoms with E-state index < -0.39 is 35.4 Å². The van der Waals surface area contributed by atoms with E-state index in [2.05, 4.69) is 28.3 Å². The highest BCUT2D eigenvalue weighted by atomic mass is 19.1. The normalized spacial score (nSPS) is 14.1. The van der Waals surface area contributed by atoms with Gasteiger partial charge in [-0.1, -0.05) is 48.5 Å². The lowest BCUT2D eigenvalue weighted by molar-refractivity contribution is -0.141. The number of halogens is 2. The summed E-state index contributed by atoms with van der Waals surface area (Å²) in [6.07, 6.45) is 4.22. The Morgan fingerprint density at radius 3 is 2.45 bits per heavy atom. The topological polar surface area (TPSA) is 94.3 Å². The third-order valence-corrected chi connectivity index (χ3v) is 7.58. The molecular formula is C33H32F2N4O3. The molecule has 5 rings (SSSR count). The van der Waals surface area contributed by atoms with Gasteiger partial charge in [-0.15, -0.1) is 6.58 Å². The number of aromatic amines is 1. The number of carbonyl (C=O) groups excluding carboxylic acids is 3. The molecule has 3 aromatic carbocycles. The standard InChI is InChI=1S/C33H32F2N4O3/c1-2-7-28(31(40)37-18-21-14-25(34)17-26(35)15-21)32(41)38-30(16-24-19-36-29-11-6-5-10-27(24)29)33(42)39-13-12-22-8-3-4-9-23(22)20-39/h2-6,8-11,14-15,17,19,28,30,36H,1,7,12-13,16,18,20H2,(H,37,40)(H,38,41). The Morgan fingerprint density at radius 2 is 1.69 bits per heavy atom. The van der Waals surface area contributed by atoms with Gasteiger partial charge in [0.1, 0.15) is 23.6 Å². The fourth-order valence-corrected chi connectivity index (χ4v) is 5.42. The van der Waals surface area contributed by atoms with Gasteiger partial charge in [0, 0.05) is 49.2 Å². The Bertz CT molecular complexity index is 1610. The molecule has 2 unspecified atom stereocenters. The summed E-state index contributed by atoms with van der Waals surface area (Å²) in [4.78, 5) is 45.5. The van der Waals surface area contributed by atoms with Crippen LogP contribution in [0.1, 0.15) is 28.7 Å². The minimum atomic E-state index is -1.19. The van der Waals surface area contributed by atoms with Crippen molar-refractivity contribution in [2.75, 3.05) is 6.54 Å². The number of hydrogen-bond acceptors (Lipinski definition) is 3. The first-order valence-electron chi connectivity index (χ1n) is 13.9. The van der Waals surface area contributed by atoms with Crippen molar-refractivity contribution < 1.29 is 23.2 Å². The van der Waals surface area contributed by atoms with Crippen molar-refractivity contribution in [3.8, 4) is 0 Å². The number of amides is 3. The van der Waals surface area contributed by atoms with Crippen molar-refractivity contribution >= 4 is 28.6 Å². The molecule has 0 fully saturated rings. The summed E-state index contributed by atoms with van der Waals surface area (Å²) >= 11 is 0. The number of allylic oxidation sites excluding steroid dienone is 1. The second-order valence-corrected chi connectivity index (χ2v) is 10.5. The molecule has 216 valence electrons. The van der Waals surface area contributed by atoms with E-state index >= 15 is 0 Å². The van der Waals surface area contributed by atoms with Gasteiger partial charge >= 0.3 is 0 Å². The van der Waals surface area contributed by atoms with Gasteiger partial charge in [-0.2, -0.15) is 0 Å². The van der Waals surface area contributed by atoms with E-state index in [0.29, 0.717) is 19.5 Å². The minimum Gasteiger partial charge on any atom is -0.361 e. The van der Waals surface area contributed by atoms with Crippen molar-refractivity contribution in [1.82, 2.24) is 20.5 Å². The summed E-state index contributed by atoms with van der Waals surface area (Å²) < 4.78 is 27.2. The Labute approximate surface area is 242 Å². The maximum atomic E-state index is 13.9. The van der Waals surface area contributed by atoms with Gasteiger partial charge in [-0.25, -0.2) is 8.78 Å². The number of carbonyl (C=O) groups is 3. The lowest BCUT2D eigenvalue weighted by Gasteiger charge is -2.32. The number of aromatic nitrogens is 1. The summed E-state index contributed by atoms with van der Waals surface area (Å²) in [7, 11) is 0. The average Bonchev–Trinajstić information content (AvgIpc) is 3.39. The number of H-pyrrole nitrogens is 1. The third kappa shape index (κ3) is 6.57. The molecule has 0 aliphatic carbocycles. The molecular weight excluding hydrogens is 538 g/mol. The molecule has 3 amide bonds. The number of fused-ring (bicyclic) bond motifs is 2. The predicted octanol–water partition coefficient (Wildman–Crippen LogP) is 4.57. The number of nitrogens with one attached hydrogen (secondary N) is 3. The minimum absolute atomic E-state index is 0.0142. The van der Waals surface area contributed by atoms with Crippen LogP contribution >= 0.6 is 0 Å². The zero-order valence-electron chi connectivity index (χ0n) is 23.0. The molecule has 4 aromatic rings. The Kier molecular flexibility index (Phi) is 8.76. The maximum absolute atomic E-state index is 13.9. The van der Waals surface area contributed by atoms with Crippen molar-refractivity contribution in [3.05, 3.63) is 119 Å². The highest BCUT2D eigenvalue weighted by Gasteiger charge is 2.33. The summed E-state index contributed by atoms with van der Waals surface area (Å²) in [5, 5.41) is 6.38. The first-order valence-corrected chi connectivity index (χ1v) is 13.9. The first kappa shape index (κ1) is 28.7. The van der Waals surface area contributed by atoms with Crippen molar-refractivity contribution in [2.45, 2.75) is 38.4 Å². The molecule has 0 spiro atoms. The molecule has 1 aliphatic rings. The third-order valence-electron chi connectivity index (χ3n) is 7.58. The highest BCUT2D eigenvalue weighted by Crippen LogP contribution is 2.23. The summed E-state index contributed by atoms with van der Waals surface area (Å²) in [5.74, 6) is -4.23. The average molecular weight is 571 g/mol. The quantitative estimate of drug-likeness (QED) is 0.193. The van der Waals surface area contributed by atoms with Crippen LogP contribution in [0.4, 0.5) is 8.78 Å². The van der Waals surface area contributed by atoms with Gasteiger partial charge in [0.05, 0.1) is 0 Å². The number of nitrogens with zero attached hydrogens (tertiary/aromatic N) is 1. The van der Waals surface area contributed by atoms with Crippen LogP contribution in [0.15, 0.2) is 85.6 Å². The zero-order chi connectivity index (χ0) is 29.6. The largest absolute Gasteiger partial charge is 0.361 e. The lowest BCUT2D eigenvalue weighted by atomic mass is 9.97. The van der Waals surface area contributed by atoms with Gasteiger partial charge in [0.2, 0.25) is 17.7 Å². The van der Waals surface area contributed by atoms with Gasteiger partial charge in [0.25, 0.3) is 0 Å². The fraction of sp³-hybridized carbons (Fsp3) is 0.242. The second-order valence-electron chi connectivity index (χ2n) is 10.5. The summed E-state index contributed by atoms with van der Waals surface area (Å²) in [6.45, 7) is 4.44. The fourth-order valence-electron chi connectivity index (χ4n) is 5.42. The van der Waals surface area contributed by atoms with E-state index in [-0.39, 0.29) is 30.9 Å². The van der Waals surface area contributed by atoms with E-state index in [9.17, 15) is 23.2 Å². The van der Waals surface area contributed by atoms with Crippen LogP contribution in [-0.4, -0.2) is 40.2 Å². The summed E-state index contributed by atoms with van der Waals surface area (Å²) in [5.41, 5.74) is 4.25. The number of benzene rings is 3. The van der Waals surface area contributed by atoms with Crippen molar-refractivity contribution in [2.24, 2.45) is 5.92 Å². The molecule has 2 heterocycles. The van der Waals surface area contributed by atoms with E-state index in [4.69, 9.17) is 0 Å². The molecule has 7 nitrogen and oxygen atoms in total. The molecule has 42 heavy (non-hydrogen) atoms. The molecule has 2 atom stereocenters.